The van der Waals surface area contributed by atoms with Gasteiger partial charge >= 0.3 is 5.97 Å². The predicted molar refractivity (Wildman–Crippen MR) is 79.7 cm³/mol. The van der Waals surface area contributed by atoms with E-state index in [1.165, 1.54) is 19.2 Å². The summed E-state index contributed by atoms with van der Waals surface area (Å²) in [5.41, 5.74) is 0.501. The molecular formula is C16H22FNO3. The van der Waals surface area contributed by atoms with E-state index in [4.69, 9.17) is 0 Å². The van der Waals surface area contributed by atoms with Gasteiger partial charge in [0, 0.05) is 12.1 Å². The van der Waals surface area contributed by atoms with Gasteiger partial charge in [0.25, 0.3) is 0 Å². The normalized spacial score (nSPS) is 11.1. The minimum atomic E-state index is -0.442. The summed E-state index contributed by atoms with van der Waals surface area (Å²) in [7, 11) is 1.29. The molecule has 0 saturated heterocycles. The Labute approximate surface area is 124 Å². The standard InChI is InChI=1S/C16H22FNO3/c1-16(2,3)9-14(19)10-18(11-15(20)21-4)13-7-5-12(17)6-8-13/h5-8H,9-11H2,1-4H3. The van der Waals surface area contributed by atoms with Crippen LogP contribution in [-0.2, 0) is 14.3 Å². The second-order valence-corrected chi connectivity index (χ2v) is 6.18. The highest BCUT2D eigenvalue weighted by Gasteiger charge is 2.20. The van der Waals surface area contributed by atoms with Crippen molar-refractivity contribution in [1.29, 1.82) is 0 Å². The van der Waals surface area contributed by atoms with E-state index in [0.29, 0.717) is 12.1 Å². The maximum Gasteiger partial charge on any atom is 0.325 e. The molecular weight excluding hydrogens is 273 g/mol. The molecule has 0 fully saturated rings. The fraction of sp³-hybridized carbons (Fsp3) is 0.500. The van der Waals surface area contributed by atoms with Gasteiger partial charge in [-0.15, -0.1) is 0 Å². The van der Waals surface area contributed by atoms with Crippen LogP contribution in [0.2, 0.25) is 0 Å². The molecule has 0 bridgehead atoms. The fourth-order valence-corrected chi connectivity index (χ4v) is 1.97. The largest absolute Gasteiger partial charge is 0.468 e. The molecule has 4 nitrogen and oxygen atoms in total. The van der Waals surface area contributed by atoms with E-state index in [-0.39, 0.29) is 30.1 Å². The third kappa shape index (κ3) is 6.38. The van der Waals surface area contributed by atoms with Crippen molar-refractivity contribution in [2.24, 2.45) is 5.41 Å². The average molecular weight is 295 g/mol. The average Bonchev–Trinajstić information content (AvgIpc) is 2.36. The maximum atomic E-state index is 13.0. The summed E-state index contributed by atoms with van der Waals surface area (Å²) in [6.07, 6.45) is 0.409. The first-order chi connectivity index (χ1) is 9.71. The monoisotopic (exact) mass is 295 g/mol. The fourth-order valence-electron chi connectivity index (χ4n) is 1.97. The van der Waals surface area contributed by atoms with Crippen LogP contribution in [0.3, 0.4) is 0 Å². The van der Waals surface area contributed by atoms with E-state index in [9.17, 15) is 14.0 Å². The number of nitrogens with zero attached hydrogens (tertiary/aromatic N) is 1. The van der Waals surface area contributed by atoms with Crippen molar-refractivity contribution in [3.05, 3.63) is 30.1 Å². The zero-order chi connectivity index (χ0) is 16.0. The number of esters is 1. The van der Waals surface area contributed by atoms with Crippen LogP contribution in [0.4, 0.5) is 10.1 Å². The number of benzene rings is 1. The molecule has 0 spiro atoms. The number of rotatable bonds is 6. The van der Waals surface area contributed by atoms with Crippen LogP contribution < -0.4 is 4.90 Å². The number of ether oxygens (including phenoxy) is 1. The summed E-state index contributed by atoms with van der Waals surface area (Å²) in [6.45, 7) is 5.99. The van der Waals surface area contributed by atoms with Crippen molar-refractivity contribution in [3.63, 3.8) is 0 Å². The molecule has 0 radical (unpaired) electrons. The van der Waals surface area contributed by atoms with Gasteiger partial charge in [-0.2, -0.15) is 0 Å². The lowest BCUT2D eigenvalue weighted by atomic mass is 9.90. The van der Waals surface area contributed by atoms with Crippen LogP contribution in [0.15, 0.2) is 24.3 Å². The number of carbonyl (C=O) groups excluding carboxylic acids is 2. The maximum absolute atomic E-state index is 13.0. The summed E-state index contributed by atoms with van der Waals surface area (Å²) in [4.78, 5) is 25.2. The number of halogens is 1. The van der Waals surface area contributed by atoms with Gasteiger partial charge in [0.15, 0.2) is 5.78 Å². The van der Waals surface area contributed by atoms with Gasteiger partial charge in [-0.1, -0.05) is 20.8 Å². The number of anilines is 1. The molecule has 1 aromatic carbocycles. The molecule has 0 saturated carbocycles. The quantitative estimate of drug-likeness (QED) is 0.757. The molecule has 0 amide bonds. The van der Waals surface area contributed by atoms with Crippen molar-refractivity contribution in [2.75, 3.05) is 25.1 Å². The van der Waals surface area contributed by atoms with E-state index in [2.05, 4.69) is 4.74 Å². The minimum Gasteiger partial charge on any atom is -0.468 e. The molecule has 0 unspecified atom stereocenters. The second-order valence-electron chi connectivity index (χ2n) is 6.18. The molecule has 0 heterocycles. The summed E-state index contributed by atoms with van der Waals surface area (Å²) < 4.78 is 17.6. The first-order valence-electron chi connectivity index (χ1n) is 6.80. The summed E-state index contributed by atoms with van der Waals surface area (Å²) in [5.74, 6) is -0.781. The van der Waals surface area contributed by atoms with Gasteiger partial charge in [-0.25, -0.2) is 4.39 Å². The van der Waals surface area contributed by atoms with E-state index in [0.717, 1.165) is 0 Å². The minimum absolute atomic E-state index is 0.0238. The number of ketones is 1. The Kier molecular flexibility index (Phi) is 5.88. The molecule has 1 aromatic rings. The van der Waals surface area contributed by atoms with Crippen LogP contribution >= 0.6 is 0 Å². The van der Waals surface area contributed by atoms with Gasteiger partial charge < -0.3 is 9.64 Å². The summed E-state index contributed by atoms with van der Waals surface area (Å²) in [5, 5.41) is 0. The van der Waals surface area contributed by atoms with Crippen molar-refractivity contribution >= 4 is 17.4 Å². The number of carbonyl (C=O) groups is 2. The van der Waals surface area contributed by atoms with E-state index in [1.54, 1.807) is 17.0 Å². The molecule has 0 aliphatic rings. The van der Waals surface area contributed by atoms with Crippen LogP contribution in [0.5, 0.6) is 0 Å². The zero-order valence-corrected chi connectivity index (χ0v) is 13.0. The van der Waals surface area contributed by atoms with E-state index < -0.39 is 5.97 Å². The van der Waals surface area contributed by atoms with Crippen LogP contribution in [0.1, 0.15) is 27.2 Å². The van der Waals surface area contributed by atoms with Crippen molar-refractivity contribution in [3.8, 4) is 0 Å². The lowest BCUT2D eigenvalue weighted by Crippen LogP contribution is -2.36. The van der Waals surface area contributed by atoms with Crippen molar-refractivity contribution in [2.45, 2.75) is 27.2 Å². The molecule has 21 heavy (non-hydrogen) atoms. The Morgan fingerprint density at radius 2 is 1.71 bits per heavy atom. The Hall–Kier alpha value is -1.91. The van der Waals surface area contributed by atoms with Crippen molar-refractivity contribution in [1.82, 2.24) is 0 Å². The van der Waals surface area contributed by atoms with Gasteiger partial charge in [0.05, 0.1) is 13.7 Å². The summed E-state index contributed by atoms with van der Waals surface area (Å²) >= 11 is 0. The highest BCUT2D eigenvalue weighted by Crippen LogP contribution is 2.20. The van der Waals surface area contributed by atoms with Crippen molar-refractivity contribution < 1.29 is 18.7 Å². The molecule has 116 valence electrons. The molecule has 0 atom stereocenters. The molecule has 0 aliphatic carbocycles. The SMILES string of the molecule is COC(=O)CN(CC(=O)CC(C)(C)C)c1ccc(F)cc1. The smallest absolute Gasteiger partial charge is 0.325 e. The Morgan fingerprint density at radius 1 is 1.14 bits per heavy atom. The number of hydrogen-bond acceptors (Lipinski definition) is 4. The van der Waals surface area contributed by atoms with Gasteiger partial charge in [0.2, 0.25) is 0 Å². The zero-order valence-electron chi connectivity index (χ0n) is 13.0. The van der Waals surface area contributed by atoms with Crippen LogP contribution in [0, 0.1) is 11.2 Å². The Bertz CT molecular complexity index is 491. The third-order valence-electron chi connectivity index (χ3n) is 2.83. The molecule has 5 heteroatoms. The van der Waals surface area contributed by atoms with Crippen LogP contribution in [-0.4, -0.2) is 32.0 Å². The lowest BCUT2D eigenvalue weighted by Gasteiger charge is -2.25. The molecule has 0 N–H and O–H groups in total. The highest BCUT2D eigenvalue weighted by molar-refractivity contribution is 5.86. The predicted octanol–water partition coefficient (Wildman–Crippen LogP) is 2.81. The van der Waals surface area contributed by atoms with Gasteiger partial charge in [-0.3, -0.25) is 9.59 Å². The Morgan fingerprint density at radius 3 is 2.19 bits per heavy atom. The number of hydrogen-bond donors (Lipinski definition) is 0. The van der Waals surface area contributed by atoms with Crippen LogP contribution in [0.25, 0.3) is 0 Å². The van der Waals surface area contributed by atoms with E-state index >= 15 is 0 Å². The second kappa shape index (κ2) is 7.20. The van der Waals surface area contributed by atoms with Gasteiger partial charge in [0.1, 0.15) is 12.4 Å². The van der Waals surface area contributed by atoms with Gasteiger partial charge in [-0.05, 0) is 29.7 Å². The molecule has 0 aliphatic heterocycles. The number of methoxy groups -OCH3 is 1. The number of Topliss-reactive ketones (excluding diaryl/α,β-unsaturated/α-hetero) is 1. The topological polar surface area (TPSA) is 46.6 Å². The Balaban J connectivity index is 2.84. The molecule has 1 rings (SSSR count). The highest BCUT2D eigenvalue weighted by atomic mass is 19.1. The van der Waals surface area contributed by atoms with E-state index in [1.807, 2.05) is 20.8 Å². The third-order valence-corrected chi connectivity index (χ3v) is 2.83. The molecule has 0 aromatic heterocycles. The summed E-state index contributed by atoms with van der Waals surface area (Å²) in [6, 6.07) is 5.69. The first kappa shape index (κ1) is 17.1. The first-order valence-corrected chi connectivity index (χ1v) is 6.80. The lowest BCUT2D eigenvalue weighted by molar-refractivity contribution is -0.138.